The van der Waals surface area contributed by atoms with Gasteiger partial charge in [-0.2, -0.15) is 0 Å². The molecule has 0 aliphatic rings. The molecule has 1 atom stereocenters. The molecule has 2 nitrogen and oxygen atoms in total. The maximum absolute atomic E-state index is 5.57. The van der Waals surface area contributed by atoms with E-state index in [9.17, 15) is 0 Å². The van der Waals surface area contributed by atoms with Gasteiger partial charge in [0.15, 0.2) is 5.11 Å². The Morgan fingerprint density at radius 1 is 0.966 bits per heavy atom. The van der Waals surface area contributed by atoms with Crippen LogP contribution in [0, 0.1) is 13.8 Å². The molecule has 0 bridgehead atoms. The molecule has 29 heavy (non-hydrogen) atoms. The minimum absolute atomic E-state index is 0.206. The molecule has 0 saturated heterocycles. The van der Waals surface area contributed by atoms with E-state index in [2.05, 4.69) is 98.1 Å². The minimum Gasteiger partial charge on any atom is -0.356 e. The molecule has 0 saturated carbocycles. The third-order valence-electron chi connectivity index (χ3n) is 4.87. The number of aryl methyl sites for hydroxylation is 2. The molecule has 0 spiro atoms. The summed E-state index contributed by atoms with van der Waals surface area (Å²) in [6.45, 7) is 6.47. The van der Waals surface area contributed by atoms with Gasteiger partial charge in [-0.3, -0.25) is 0 Å². The van der Waals surface area contributed by atoms with Crippen molar-refractivity contribution in [3.8, 4) is 0 Å². The maximum Gasteiger partial charge on any atom is 0.171 e. The monoisotopic (exact) mass is 420 g/mol. The lowest BCUT2D eigenvalue weighted by Crippen LogP contribution is -2.32. The highest BCUT2D eigenvalue weighted by molar-refractivity contribution is 7.98. The molecule has 150 valence electrons. The number of rotatable bonds is 7. The first-order chi connectivity index (χ1) is 14.0. The van der Waals surface area contributed by atoms with Crippen LogP contribution in [-0.2, 0) is 5.75 Å². The summed E-state index contributed by atoms with van der Waals surface area (Å²) in [7, 11) is 0. The largest absolute Gasteiger partial charge is 0.356 e. The third-order valence-corrected chi connectivity index (χ3v) is 6.18. The molecule has 0 radical (unpaired) electrons. The van der Waals surface area contributed by atoms with Crippen molar-refractivity contribution < 1.29 is 0 Å². The highest BCUT2D eigenvalue weighted by atomic mass is 32.2. The summed E-state index contributed by atoms with van der Waals surface area (Å²) in [5, 5.41) is 7.45. The number of thioether (sulfide) groups is 1. The first-order valence-corrected chi connectivity index (χ1v) is 11.4. The fourth-order valence-corrected chi connectivity index (χ4v) is 4.44. The van der Waals surface area contributed by atoms with Crippen LogP contribution in [0.5, 0.6) is 0 Å². The Labute approximate surface area is 184 Å². The molecule has 0 aliphatic heterocycles. The number of benzene rings is 3. The second kappa shape index (κ2) is 10.5. The van der Waals surface area contributed by atoms with Crippen LogP contribution in [0.2, 0.25) is 0 Å². The smallest absolute Gasteiger partial charge is 0.171 e. The first-order valence-electron chi connectivity index (χ1n) is 9.96. The molecule has 3 rings (SSSR count). The molecule has 3 aromatic rings. The van der Waals surface area contributed by atoms with Crippen molar-refractivity contribution in [1.29, 1.82) is 0 Å². The molecule has 3 aromatic carbocycles. The fourth-order valence-electron chi connectivity index (χ4n) is 3.31. The van der Waals surface area contributed by atoms with Crippen LogP contribution >= 0.6 is 24.0 Å². The van der Waals surface area contributed by atoms with Gasteiger partial charge in [-0.1, -0.05) is 61.0 Å². The number of hydrogen-bond acceptors (Lipinski definition) is 2. The predicted octanol–water partition coefficient (Wildman–Crippen LogP) is 7.03. The molecule has 0 aliphatic carbocycles. The van der Waals surface area contributed by atoms with E-state index >= 15 is 0 Å². The summed E-state index contributed by atoms with van der Waals surface area (Å²) in [5.41, 5.74) is 6.19. The van der Waals surface area contributed by atoms with Crippen LogP contribution in [0.15, 0.2) is 77.7 Å². The van der Waals surface area contributed by atoms with E-state index in [4.69, 9.17) is 12.2 Å². The van der Waals surface area contributed by atoms with Crippen LogP contribution in [0.4, 0.5) is 5.69 Å². The maximum atomic E-state index is 5.57. The van der Waals surface area contributed by atoms with Crippen LogP contribution in [0.25, 0.3) is 0 Å². The normalized spacial score (nSPS) is 11.7. The van der Waals surface area contributed by atoms with Gasteiger partial charge in [0, 0.05) is 16.3 Å². The lowest BCUT2D eigenvalue weighted by atomic mass is 9.98. The van der Waals surface area contributed by atoms with Crippen molar-refractivity contribution in [2.45, 2.75) is 43.9 Å². The molecule has 0 amide bonds. The molecule has 2 N–H and O–H groups in total. The van der Waals surface area contributed by atoms with Crippen molar-refractivity contribution in [2.75, 3.05) is 5.32 Å². The molecule has 0 fully saturated rings. The highest BCUT2D eigenvalue weighted by Crippen LogP contribution is 2.24. The van der Waals surface area contributed by atoms with Crippen molar-refractivity contribution in [3.63, 3.8) is 0 Å². The Hall–Kier alpha value is -2.30. The SMILES string of the molecule is CC[C@@H](NC(=S)Nc1ccc(CSc2ccccc2)cc1)c1ccc(C)cc1C. The standard InChI is InChI=1S/C25H28N2S2/c1-4-24(23-15-10-18(2)16-19(23)3)27-25(28)26-21-13-11-20(12-14-21)17-29-22-8-6-5-7-9-22/h5-16,24H,4,17H2,1-3H3,(H2,26,27,28)/t24-/m1/s1. The summed E-state index contributed by atoms with van der Waals surface area (Å²) in [5.74, 6) is 0.956. The zero-order valence-corrected chi connectivity index (χ0v) is 18.9. The second-order valence-electron chi connectivity index (χ2n) is 7.22. The van der Waals surface area contributed by atoms with Gasteiger partial charge in [-0.05, 0) is 73.4 Å². The Kier molecular flexibility index (Phi) is 7.73. The second-order valence-corrected chi connectivity index (χ2v) is 8.67. The van der Waals surface area contributed by atoms with E-state index in [-0.39, 0.29) is 6.04 Å². The summed E-state index contributed by atoms with van der Waals surface area (Å²) in [4.78, 5) is 1.29. The van der Waals surface area contributed by atoms with Crippen molar-refractivity contribution >= 4 is 34.8 Å². The van der Waals surface area contributed by atoms with E-state index in [0.717, 1.165) is 17.9 Å². The van der Waals surface area contributed by atoms with E-state index < -0.39 is 0 Å². The van der Waals surface area contributed by atoms with Crippen LogP contribution in [0.1, 0.15) is 41.6 Å². The average molecular weight is 421 g/mol. The summed E-state index contributed by atoms with van der Waals surface area (Å²) >= 11 is 7.42. The van der Waals surface area contributed by atoms with Crippen molar-refractivity contribution in [2.24, 2.45) is 0 Å². The number of anilines is 1. The van der Waals surface area contributed by atoms with Gasteiger partial charge in [-0.25, -0.2) is 0 Å². The lowest BCUT2D eigenvalue weighted by Gasteiger charge is -2.22. The lowest BCUT2D eigenvalue weighted by molar-refractivity contribution is 0.625. The zero-order chi connectivity index (χ0) is 20.6. The summed E-state index contributed by atoms with van der Waals surface area (Å²) < 4.78 is 0. The number of nitrogens with one attached hydrogen (secondary N) is 2. The van der Waals surface area contributed by atoms with Gasteiger partial charge in [0.05, 0.1) is 6.04 Å². The van der Waals surface area contributed by atoms with Crippen LogP contribution in [-0.4, -0.2) is 5.11 Å². The Morgan fingerprint density at radius 3 is 2.34 bits per heavy atom. The summed E-state index contributed by atoms with van der Waals surface area (Å²) in [6.07, 6.45) is 0.974. The fraction of sp³-hybridized carbons (Fsp3) is 0.240. The van der Waals surface area contributed by atoms with Crippen LogP contribution < -0.4 is 10.6 Å². The quantitative estimate of drug-likeness (QED) is 0.316. The topological polar surface area (TPSA) is 24.1 Å². The van der Waals surface area contributed by atoms with E-state index in [0.29, 0.717) is 5.11 Å². The molecule has 0 unspecified atom stereocenters. The van der Waals surface area contributed by atoms with E-state index in [1.165, 1.54) is 27.1 Å². The van der Waals surface area contributed by atoms with Gasteiger partial charge in [0.25, 0.3) is 0 Å². The third kappa shape index (κ3) is 6.34. The number of hydrogen-bond donors (Lipinski definition) is 2. The Morgan fingerprint density at radius 2 is 1.69 bits per heavy atom. The Bertz CT molecular complexity index is 937. The highest BCUT2D eigenvalue weighted by Gasteiger charge is 2.13. The van der Waals surface area contributed by atoms with Gasteiger partial charge < -0.3 is 10.6 Å². The Balaban J connectivity index is 1.55. The van der Waals surface area contributed by atoms with Crippen LogP contribution in [0.3, 0.4) is 0 Å². The van der Waals surface area contributed by atoms with Gasteiger partial charge in [0.1, 0.15) is 0 Å². The van der Waals surface area contributed by atoms with Gasteiger partial charge >= 0.3 is 0 Å². The van der Waals surface area contributed by atoms with Crippen molar-refractivity contribution in [3.05, 3.63) is 95.1 Å². The zero-order valence-electron chi connectivity index (χ0n) is 17.2. The average Bonchev–Trinajstić information content (AvgIpc) is 2.73. The van der Waals surface area contributed by atoms with Gasteiger partial charge in [-0.15, -0.1) is 11.8 Å². The summed E-state index contributed by atoms with van der Waals surface area (Å²) in [6, 6.07) is 25.8. The van der Waals surface area contributed by atoms with Gasteiger partial charge in [0.2, 0.25) is 0 Å². The first kappa shape index (κ1) is 21.4. The molecule has 4 heteroatoms. The van der Waals surface area contributed by atoms with Crippen molar-refractivity contribution in [1.82, 2.24) is 5.32 Å². The molecular weight excluding hydrogens is 392 g/mol. The predicted molar refractivity (Wildman–Crippen MR) is 131 cm³/mol. The minimum atomic E-state index is 0.206. The molecule has 0 aromatic heterocycles. The van der Waals surface area contributed by atoms with E-state index in [1.54, 1.807) is 0 Å². The molecular formula is C25H28N2S2. The molecule has 0 heterocycles. The van der Waals surface area contributed by atoms with E-state index in [1.807, 2.05) is 17.8 Å². The number of thiocarbonyl (C=S) groups is 1.